The summed E-state index contributed by atoms with van der Waals surface area (Å²) in [7, 11) is 0. The highest BCUT2D eigenvalue weighted by Crippen LogP contribution is 2.23. The van der Waals surface area contributed by atoms with Crippen LogP contribution in [0.2, 0.25) is 0 Å². The predicted molar refractivity (Wildman–Crippen MR) is 87.9 cm³/mol. The quantitative estimate of drug-likeness (QED) is 0.589. The van der Waals surface area contributed by atoms with Crippen LogP contribution >= 0.6 is 0 Å². The van der Waals surface area contributed by atoms with E-state index < -0.39 is 0 Å². The number of fused-ring (bicyclic) bond motifs is 1. The molecule has 20 heavy (non-hydrogen) atoms. The monoisotopic (exact) mass is 258 g/mol. The fourth-order valence-corrected chi connectivity index (χ4v) is 2.55. The largest absolute Gasteiger partial charge is 0.0795 e. The summed E-state index contributed by atoms with van der Waals surface area (Å²) in [5, 5.41) is 2.67. The summed E-state index contributed by atoms with van der Waals surface area (Å²) in [5.74, 6) is 0. The van der Waals surface area contributed by atoms with Gasteiger partial charge in [-0.2, -0.15) is 0 Å². The van der Waals surface area contributed by atoms with E-state index in [0.717, 1.165) is 6.42 Å². The molecule has 3 aromatic carbocycles. The Morgan fingerprint density at radius 2 is 1.45 bits per heavy atom. The first-order chi connectivity index (χ1) is 9.84. The lowest BCUT2D eigenvalue weighted by atomic mass is 9.99. The lowest BCUT2D eigenvalue weighted by molar-refractivity contribution is 1.28. The normalized spacial score (nSPS) is 11.2. The zero-order chi connectivity index (χ0) is 13.8. The summed E-state index contributed by atoms with van der Waals surface area (Å²) >= 11 is 0. The van der Waals surface area contributed by atoms with Crippen molar-refractivity contribution in [1.29, 1.82) is 0 Å². The van der Waals surface area contributed by atoms with Crippen LogP contribution in [0.1, 0.15) is 16.7 Å². The summed E-state index contributed by atoms with van der Waals surface area (Å²) in [6.45, 7) is 2.17. The second-order valence-electron chi connectivity index (χ2n) is 5.11. The summed E-state index contributed by atoms with van der Waals surface area (Å²) in [5.41, 5.74) is 3.98. The van der Waals surface area contributed by atoms with E-state index in [9.17, 15) is 0 Å². The molecule has 3 rings (SSSR count). The minimum atomic E-state index is 0.975. The van der Waals surface area contributed by atoms with Gasteiger partial charge in [0.15, 0.2) is 0 Å². The number of hydrogen-bond donors (Lipinski definition) is 0. The van der Waals surface area contributed by atoms with Gasteiger partial charge < -0.3 is 0 Å². The predicted octanol–water partition coefficient (Wildman–Crippen LogP) is 5.40. The van der Waals surface area contributed by atoms with Crippen LogP contribution < -0.4 is 0 Å². The molecule has 0 fully saturated rings. The van der Waals surface area contributed by atoms with E-state index in [1.165, 1.54) is 27.5 Å². The second-order valence-corrected chi connectivity index (χ2v) is 5.11. The van der Waals surface area contributed by atoms with Gasteiger partial charge in [0.05, 0.1) is 0 Å². The third-order valence-electron chi connectivity index (χ3n) is 3.67. The SMILES string of the molecule is Cc1ccc(/C=C/Cc2ccccc2)c2ccccc12. The summed E-state index contributed by atoms with van der Waals surface area (Å²) in [6, 6.07) is 23.6. The molecular formula is C20H18. The Labute approximate surface area is 120 Å². The molecule has 98 valence electrons. The van der Waals surface area contributed by atoms with Gasteiger partial charge in [-0.25, -0.2) is 0 Å². The molecule has 0 saturated carbocycles. The van der Waals surface area contributed by atoms with Crippen LogP contribution in [0, 0.1) is 6.92 Å². The molecule has 0 bridgehead atoms. The van der Waals surface area contributed by atoms with Crippen molar-refractivity contribution in [3.63, 3.8) is 0 Å². The zero-order valence-corrected chi connectivity index (χ0v) is 11.7. The van der Waals surface area contributed by atoms with Gasteiger partial charge in [-0.15, -0.1) is 0 Å². The minimum Gasteiger partial charge on any atom is -0.0795 e. The Bertz CT molecular complexity index is 736. The van der Waals surface area contributed by atoms with Crippen molar-refractivity contribution in [2.75, 3.05) is 0 Å². The Morgan fingerprint density at radius 3 is 2.25 bits per heavy atom. The van der Waals surface area contributed by atoms with Gasteiger partial charge >= 0.3 is 0 Å². The van der Waals surface area contributed by atoms with Gasteiger partial charge in [-0.1, -0.05) is 78.9 Å². The third-order valence-corrected chi connectivity index (χ3v) is 3.67. The number of allylic oxidation sites excluding steroid dienone is 1. The van der Waals surface area contributed by atoms with Crippen LogP contribution in [0.4, 0.5) is 0 Å². The van der Waals surface area contributed by atoms with E-state index in [2.05, 4.69) is 85.8 Å². The highest BCUT2D eigenvalue weighted by Gasteiger charge is 1.99. The summed E-state index contributed by atoms with van der Waals surface area (Å²) in [4.78, 5) is 0. The zero-order valence-electron chi connectivity index (χ0n) is 11.7. The highest BCUT2D eigenvalue weighted by atomic mass is 14.0. The van der Waals surface area contributed by atoms with Crippen molar-refractivity contribution in [3.8, 4) is 0 Å². The molecule has 0 saturated heterocycles. The fourth-order valence-electron chi connectivity index (χ4n) is 2.55. The van der Waals surface area contributed by atoms with Crippen LogP contribution in [0.15, 0.2) is 72.8 Å². The standard InChI is InChI=1S/C20H18/c1-16-14-15-18(20-13-6-5-12-19(16)20)11-7-10-17-8-3-2-4-9-17/h2-9,11-15H,10H2,1H3/b11-7+. The Balaban J connectivity index is 1.90. The van der Waals surface area contributed by atoms with Crippen molar-refractivity contribution in [3.05, 3.63) is 89.5 Å². The lowest BCUT2D eigenvalue weighted by Crippen LogP contribution is -1.83. The van der Waals surface area contributed by atoms with E-state index in [1.807, 2.05) is 0 Å². The maximum Gasteiger partial charge on any atom is -0.00941 e. The molecule has 0 aliphatic heterocycles. The van der Waals surface area contributed by atoms with Gasteiger partial charge in [0.2, 0.25) is 0 Å². The molecule has 0 heterocycles. The van der Waals surface area contributed by atoms with Gasteiger partial charge in [0.1, 0.15) is 0 Å². The van der Waals surface area contributed by atoms with Crippen molar-refractivity contribution in [1.82, 2.24) is 0 Å². The maximum atomic E-state index is 2.24. The van der Waals surface area contributed by atoms with Gasteiger partial charge in [0.25, 0.3) is 0 Å². The minimum absolute atomic E-state index is 0.975. The molecule has 0 aliphatic carbocycles. The van der Waals surface area contributed by atoms with Crippen LogP contribution in [0.5, 0.6) is 0 Å². The van der Waals surface area contributed by atoms with E-state index in [1.54, 1.807) is 0 Å². The summed E-state index contributed by atoms with van der Waals surface area (Å²) in [6.07, 6.45) is 5.45. The van der Waals surface area contributed by atoms with Crippen molar-refractivity contribution < 1.29 is 0 Å². The topological polar surface area (TPSA) is 0 Å². The van der Waals surface area contributed by atoms with Crippen molar-refractivity contribution in [2.45, 2.75) is 13.3 Å². The average Bonchev–Trinajstić information content (AvgIpc) is 2.51. The van der Waals surface area contributed by atoms with Crippen molar-refractivity contribution in [2.24, 2.45) is 0 Å². The molecule has 0 atom stereocenters. The first-order valence-electron chi connectivity index (χ1n) is 7.03. The van der Waals surface area contributed by atoms with E-state index in [0.29, 0.717) is 0 Å². The first kappa shape index (κ1) is 12.7. The van der Waals surface area contributed by atoms with Gasteiger partial charge in [0, 0.05) is 0 Å². The van der Waals surface area contributed by atoms with Gasteiger partial charge in [-0.05, 0) is 40.8 Å². The number of rotatable bonds is 3. The van der Waals surface area contributed by atoms with E-state index in [-0.39, 0.29) is 0 Å². The number of benzene rings is 3. The molecule has 0 spiro atoms. The van der Waals surface area contributed by atoms with Crippen LogP contribution in [0.25, 0.3) is 16.8 Å². The smallest absolute Gasteiger partial charge is 0.00941 e. The molecule has 0 aliphatic rings. The number of hydrogen-bond acceptors (Lipinski definition) is 0. The second kappa shape index (κ2) is 5.75. The molecule has 0 aromatic heterocycles. The fraction of sp³-hybridized carbons (Fsp3) is 0.100. The Kier molecular flexibility index (Phi) is 3.64. The molecule has 0 nitrogen and oxygen atoms in total. The molecule has 0 amide bonds. The Morgan fingerprint density at radius 1 is 0.750 bits per heavy atom. The highest BCUT2D eigenvalue weighted by molar-refractivity contribution is 5.92. The molecule has 3 aromatic rings. The first-order valence-corrected chi connectivity index (χ1v) is 7.03. The molecule has 0 radical (unpaired) electrons. The Hall–Kier alpha value is -2.34. The van der Waals surface area contributed by atoms with Crippen molar-refractivity contribution >= 4 is 16.8 Å². The third kappa shape index (κ3) is 2.65. The number of aryl methyl sites for hydroxylation is 1. The van der Waals surface area contributed by atoms with Crippen LogP contribution in [-0.2, 0) is 6.42 Å². The maximum absolute atomic E-state index is 2.24. The van der Waals surface area contributed by atoms with Crippen LogP contribution in [-0.4, -0.2) is 0 Å². The average molecular weight is 258 g/mol. The lowest BCUT2D eigenvalue weighted by Gasteiger charge is -2.05. The molecular weight excluding hydrogens is 240 g/mol. The molecule has 0 unspecified atom stereocenters. The summed E-state index contributed by atoms with van der Waals surface area (Å²) < 4.78 is 0. The molecule has 0 heteroatoms. The van der Waals surface area contributed by atoms with E-state index >= 15 is 0 Å². The van der Waals surface area contributed by atoms with Crippen LogP contribution in [0.3, 0.4) is 0 Å². The van der Waals surface area contributed by atoms with E-state index in [4.69, 9.17) is 0 Å². The molecule has 0 N–H and O–H groups in total. The van der Waals surface area contributed by atoms with Gasteiger partial charge in [-0.3, -0.25) is 0 Å².